The zero-order valence-corrected chi connectivity index (χ0v) is 11.6. The van der Waals surface area contributed by atoms with Crippen molar-refractivity contribution in [2.45, 2.75) is 31.9 Å². The normalized spacial score (nSPS) is 13.0. The minimum Gasteiger partial charge on any atom is -0.481 e. The first-order valence-corrected chi connectivity index (χ1v) is 6.47. The standard InChI is InChI=1S/C14H18N2O5/c1-2-11(21-9-6-4-3-5-7-9)13(18)16-10(14(19)20)8-12(15)17/h3-7,10-11H,2,8H2,1H3,(H2,15,17)(H,16,18)(H,19,20)/t10-,11?/m1/s1. The van der Waals surface area contributed by atoms with Gasteiger partial charge in [0.2, 0.25) is 5.91 Å². The van der Waals surface area contributed by atoms with Gasteiger partial charge in [-0.2, -0.15) is 0 Å². The second-order valence-electron chi connectivity index (χ2n) is 4.40. The first-order chi connectivity index (χ1) is 9.93. The highest BCUT2D eigenvalue weighted by atomic mass is 16.5. The molecule has 1 unspecified atom stereocenters. The Morgan fingerprint density at radius 3 is 2.38 bits per heavy atom. The molecule has 0 saturated heterocycles. The molecule has 0 aliphatic carbocycles. The first kappa shape index (κ1) is 16.5. The van der Waals surface area contributed by atoms with Crippen LogP contribution in [0.4, 0.5) is 0 Å². The van der Waals surface area contributed by atoms with Crippen LogP contribution in [0.1, 0.15) is 19.8 Å². The molecule has 21 heavy (non-hydrogen) atoms. The van der Waals surface area contributed by atoms with E-state index in [0.29, 0.717) is 12.2 Å². The molecule has 1 aromatic rings. The van der Waals surface area contributed by atoms with E-state index < -0.39 is 36.4 Å². The molecule has 0 bridgehead atoms. The lowest BCUT2D eigenvalue weighted by atomic mass is 10.1. The average molecular weight is 294 g/mol. The average Bonchev–Trinajstić information content (AvgIpc) is 2.44. The van der Waals surface area contributed by atoms with E-state index in [1.165, 1.54) is 0 Å². The summed E-state index contributed by atoms with van der Waals surface area (Å²) in [6.45, 7) is 1.73. The Morgan fingerprint density at radius 2 is 1.90 bits per heavy atom. The number of carbonyl (C=O) groups is 3. The largest absolute Gasteiger partial charge is 0.481 e. The van der Waals surface area contributed by atoms with Gasteiger partial charge in [-0.3, -0.25) is 9.59 Å². The smallest absolute Gasteiger partial charge is 0.326 e. The molecule has 0 saturated carbocycles. The van der Waals surface area contributed by atoms with Gasteiger partial charge in [-0.25, -0.2) is 4.79 Å². The Morgan fingerprint density at radius 1 is 1.29 bits per heavy atom. The van der Waals surface area contributed by atoms with Crippen LogP contribution in [0.5, 0.6) is 5.75 Å². The molecule has 0 aromatic heterocycles. The van der Waals surface area contributed by atoms with Crippen LogP contribution < -0.4 is 15.8 Å². The van der Waals surface area contributed by atoms with Crippen LogP contribution in [-0.2, 0) is 14.4 Å². The van der Waals surface area contributed by atoms with Gasteiger partial charge in [0.25, 0.3) is 5.91 Å². The van der Waals surface area contributed by atoms with E-state index in [1.54, 1.807) is 37.3 Å². The number of hydrogen-bond acceptors (Lipinski definition) is 4. The van der Waals surface area contributed by atoms with E-state index in [-0.39, 0.29) is 0 Å². The van der Waals surface area contributed by atoms with E-state index in [4.69, 9.17) is 15.6 Å². The predicted octanol–water partition coefficient (Wildman–Crippen LogP) is 0.289. The molecule has 2 atom stereocenters. The van der Waals surface area contributed by atoms with Crippen molar-refractivity contribution in [2.75, 3.05) is 0 Å². The summed E-state index contributed by atoms with van der Waals surface area (Å²) in [4.78, 5) is 33.8. The minimum atomic E-state index is -1.36. The highest BCUT2D eigenvalue weighted by Gasteiger charge is 2.26. The molecule has 114 valence electrons. The van der Waals surface area contributed by atoms with Crippen LogP contribution in [0.15, 0.2) is 30.3 Å². The molecular formula is C14H18N2O5. The molecule has 0 spiro atoms. The van der Waals surface area contributed by atoms with Gasteiger partial charge in [0.15, 0.2) is 6.10 Å². The molecule has 1 aromatic carbocycles. The highest BCUT2D eigenvalue weighted by Crippen LogP contribution is 2.12. The summed E-state index contributed by atoms with van der Waals surface area (Å²) in [5, 5.41) is 11.2. The first-order valence-electron chi connectivity index (χ1n) is 6.47. The third kappa shape index (κ3) is 5.52. The molecule has 0 aliphatic heterocycles. The van der Waals surface area contributed by atoms with Crippen molar-refractivity contribution in [3.63, 3.8) is 0 Å². The number of para-hydroxylation sites is 1. The van der Waals surface area contributed by atoms with Crippen LogP contribution in [-0.4, -0.2) is 35.0 Å². The summed E-state index contributed by atoms with van der Waals surface area (Å²) >= 11 is 0. The second kappa shape index (κ2) is 7.88. The Kier molecular flexibility index (Phi) is 6.19. The quantitative estimate of drug-likeness (QED) is 0.636. The third-order valence-electron chi connectivity index (χ3n) is 2.70. The number of carboxylic acids is 1. The summed E-state index contributed by atoms with van der Waals surface area (Å²) in [6, 6.07) is 7.34. The van der Waals surface area contributed by atoms with Crippen molar-refractivity contribution in [3.05, 3.63) is 30.3 Å². The van der Waals surface area contributed by atoms with Crippen LogP contribution >= 0.6 is 0 Å². The predicted molar refractivity (Wildman–Crippen MR) is 74.5 cm³/mol. The number of benzene rings is 1. The molecule has 0 heterocycles. The fourth-order valence-electron chi connectivity index (χ4n) is 1.65. The maximum Gasteiger partial charge on any atom is 0.326 e. The SMILES string of the molecule is CCC(Oc1ccccc1)C(=O)N[C@H](CC(N)=O)C(=O)O. The second-order valence-corrected chi connectivity index (χ2v) is 4.40. The summed E-state index contributed by atoms with van der Waals surface area (Å²) in [6.07, 6.45) is -0.964. The number of amides is 2. The van der Waals surface area contributed by atoms with E-state index in [9.17, 15) is 14.4 Å². The van der Waals surface area contributed by atoms with Crippen LogP contribution in [0.2, 0.25) is 0 Å². The zero-order chi connectivity index (χ0) is 15.8. The van der Waals surface area contributed by atoms with Gasteiger partial charge in [0.1, 0.15) is 11.8 Å². The van der Waals surface area contributed by atoms with Crippen molar-refractivity contribution >= 4 is 17.8 Å². The zero-order valence-electron chi connectivity index (χ0n) is 11.6. The van der Waals surface area contributed by atoms with E-state index in [2.05, 4.69) is 5.32 Å². The van der Waals surface area contributed by atoms with Gasteiger partial charge < -0.3 is 20.9 Å². The summed E-state index contributed by atoms with van der Waals surface area (Å²) in [5.74, 6) is -2.23. The van der Waals surface area contributed by atoms with Crippen molar-refractivity contribution in [2.24, 2.45) is 5.73 Å². The van der Waals surface area contributed by atoms with Crippen molar-refractivity contribution < 1.29 is 24.2 Å². The molecule has 0 aliphatic rings. The number of ether oxygens (including phenoxy) is 1. The van der Waals surface area contributed by atoms with Crippen molar-refractivity contribution in [1.29, 1.82) is 0 Å². The number of nitrogens with one attached hydrogen (secondary N) is 1. The number of aliphatic carboxylic acids is 1. The summed E-state index contributed by atoms with van der Waals surface area (Å²) < 4.78 is 5.49. The number of carbonyl (C=O) groups excluding carboxylic acids is 2. The molecule has 0 fully saturated rings. The van der Waals surface area contributed by atoms with E-state index >= 15 is 0 Å². The van der Waals surface area contributed by atoms with Crippen LogP contribution in [0.25, 0.3) is 0 Å². The maximum absolute atomic E-state index is 12.0. The molecular weight excluding hydrogens is 276 g/mol. The van der Waals surface area contributed by atoms with Gasteiger partial charge >= 0.3 is 5.97 Å². The van der Waals surface area contributed by atoms with Gasteiger partial charge in [0, 0.05) is 0 Å². The molecule has 0 radical (unpaired) electrons. The fourth-order valence-corrected chi connectivity index (χ4v) is 1.65. The molecule has 2 amide bonds. The molecule has 7 nitrogen and oxygen atoms in total. The summed E-state index contributed by atoms with van der Waals surface area (Å²) in [5.41, 5.74) is 4.95. The van der Waals surface area contributed by atoms with Gasteiger partial charge in [-0.1, -0.05) is 25.1 Å². The highest BCUT2D eigenvalue weighted by molar-refractivity contribution is 5.89. The molecule has 1 rings (SSSR count). The van der Waals surface area contributed by atoms with E-state index in [0.717, 1.165) is 0 Å². The van der Waals surface area contributed by atoms with Gasteiger partial charge in [-0.15, -0.1) is 0 Å². The Balaban J connectivity index is 2.69. The lowest BCUT2D eigenvalue weighted by Gasteiger charge is -2.20. The minimum absolute atomic E-state index is 0.351. The number of primary amides is 1. The Bertz CT molecular complexity index is 503. The Labute approximate surface area is 122 Å². The van der Waals surface area contributed by atoms with E-state index in [1.807, 2.05) is 0 Å². The molecule has 7 heteroatoms. The number of carboxylic acid groups (broad SMARTS) is 1. The van der Waals surface area contributed by atoms with Gasteiger partial charge in [0.05, 0.1) is 6.42 Å². The third-order valence-corrected chi connectivity index (χ3v) is 2.70. The summed E-state index contributed by atoms with van der Waals surface area (Å²) in [7, 11) is 0. The van der Waals surface area contributed by atoms with Crippen LogP contribution in [0, 0.1) is 0 Å². The lowest BCUT2D eigenvalue weighted by Crippen LogP contribution is -2.48. The molecule has 4 N–H and O–H groups in total. The number of nitrogens with two attached hydrogens (primary N) is 1. The number of hydrogen-bond donors (Lipinski definition) is 3. The fraction of sp³-hybridized carbons (Fsp3) is 0.357. The lowest BCUT2D eigenvalue weighted by molar-refractivity contribution is -0.144. The van der Waals surface area contributed by atoms with Gasteiger partial charge in [-0.05, 0) is 18.6 Å². The maximum atomic E-state index is 12.0. The van der Waals surface area contributed by atoms with Crippen molar-refractivity contribution in [1.82, 2.24) is 5.32 Å². The van der Waals surface area contributed by atoms with Crippen molar-refractivity contribution in [3.8, 4) is 5.75 Å². The Hall–Kier alpha value is -2.57. The number of rotatable bonds is 8. The van der Waals surface area contributed by atoms with Crippen LogP contribution in [0.3, 0.4) is 0 Å². The topological polar surface area (TPSA) is 119 Å². The monoisotopic (exact) mass is 294 g/mol.